The molecule has 0 spiro atoms. The number of rotatable bonds is 6. The van der Waals surface area contributed by atoms with Gasteiger partial charge in [-0.15, -0.1) is 0 Å². The van der Waals surface area contributed by atoms with E-state index in [4.69, 9.17) is 4.74 Å². The Morgan fingerprint density at radius 3 is 2.63 bits per heavy atom. The Kier molecular flexibility index (Phi) is 6.23. The molecule has 1 N–H and O–H groups in total. The summed E-state index contributed by atoms with van der Waals surface area (Å²) in [5.41, 5.74) is 1.94. The van der Waals surface area contributed by atoms with Crippen molar-refractivity contribution in [1.29, 1.82) is 0 Å². The van der Waals surface area contributed by atoms with Crippen LogP contribution in [0.25, 0.3) is 11.3 Å². The van der Waals surface area contributed by atoms with Crippen molar-refractivity contribution in [3.8, 4) is 17.0 Å². The molecule has 3 aromatic rings. The van der Waals surface area contributed by atoms with Gasteiger partial charge in [0.05, 0.1) is 19.1 Å². The quantitative estimate of drug-likeness (QED) is 0.557. The standard InChI is InChI=1S/C20H18IN3O3/c1-27-18-5-3-2-4-16(18)17-10-20(26)24(13-23-17)12-19(25)22-11-14-6-8-15(21)9-7-14/h2-10,13H,11-12H2,1H3,(H,22,25). The fraction of sp³-hybridized carbons (Fsp3) is 0.150. The topological polar surface area (TPSA) is 73.2 Å². The minimum atomic E-state index is -0.296. The monoisotopic (exact) mass is 475 g/mol. The number of methoxy groups -OCH3 is 1. The maximum absolute atomic E-state index is 12.4. The Labute approximate surface area is 170 Å². The van der Waals surface area contributed by atoms with Crippen molar-refractivity contribution in [3.05, 3.63) is 80.4 Å². The predicted molar refractivity (Wildman–Crippen MR) is 111 cm³/mol. The molecule has 0 atom stereocenters. The van der Waals surface area contributed by atoms with Gasteiger partial charge in [0.25, 0.3) is 5.56 Å². The highest BCUT2D eigenvalue weighted by Crippen LogP contribution is 2.26. The average Bonchev–Trinajstić information content (AvgIpc) is 2.69. The van der Waals surface area contributed by atoms with Crippen LogP contribution in [0.2, 0.25) is 0 Å². The number of ether oxygens (including phenoxy) is 1. The summed E-state index contributed by atoms with van der Waals surface area (Å²) >= 11 is 2.23. The van der Waals surface area contributed by atoms with Crippen molar-refractivity contribution < 1.29 is 9.53 Å². The summed E-state index contributed by atoms with van der Waals surface area (Å²) in [4.78, 5) is 28.8. The van der Waals surface area contributed by atoms with E-state index in [-0.39, 0.29) is 18.0 Å². The SMILES string of the molecule is COc1ccccc1-c1cc(=O)n(CC(=O)NCc2ccc(I)cc2)cn1. The first-order valence-electron chi connectivity index (χ1n) is 8.28. The van der Waals surface area contributed by atoms with Crippen LogP contribution in [0, 0.1) is 3.57 Å². The van der Waals surface area contributed by atoms with Crippen molar-refractivity contribution in [2.75, 3.05) is 7.11 Å². The molecule has 0 aliphatic carbocycles. The number of nitrogens with zero attached hydrogens (tertiary/aromatic N) is 2. The van der Waals surface area contributed by atoms with Crippen molar-refractivity contribution >= 4 is 28.5 Å². The van der Waals surface area contributed by atoms with E-state index in [1.807, 2.05) is 42.5 Å². The van der Waals surface area contributed by atoms with Crippen LogP contribution in [0.1, 0.15) is 5.56 Å². The molecule has 1 aromatic heterocycles. The van der Waals surface area contributed by atoms with Crippen molar-refractivity contribution in [2.24, 2.45) is 0 Å². The van der Waals surface area contributed by atoms with E-state index in [1.54, 1.807) is 13.2 Å². The first-order valence-corrected chi connectivity index (χ1v) is 9.35. The number of halogens is 1. The summed E-state index contributed by atoms with van der Waals surface area (Å²) in [6.07, 6.45) is 1.38. The lowest BCUT2D eigenvalue weighted by Crippen LogP contribution is -2.31. The molecule has 27 heavy (non-hydrogen) atoms. The Morgan fingerprint density at radius 1 is 1.19 bits per heavy atom. The maximum atomic E-state index is 12.4. The number of benzene rings is 2. The molecule has 138 valence electrons. The van der Waals surface area contributed by atoms with Gasteiger partial charge in [0.15, 0.2) is 0 Å². The molecule has 7 heteroatoms. The first kappa shape index (κ1) is 19.1. The van der Waals surface area contributed by atoms with Gasteiger partial charge >= 0.3 is 0 Å². The Hall–Kier alpha value is -2.68. The Balaban J connectivity index is 1.68. The zero-order chi connectivity index (χ0) is 19.2. The molecule has 0 unspecified atom stereocenters. The van der Waals surface area contributed by atoms with Crippen LogP contribution in [0.4, 0.5) is 0 Å². The van der Waals surface area contributed by atoms with Gasteiger partial charge in [-0.1, -0.05) is 24.3 Å². The lowest BCUT2D eigenvalue weighted by Gasteiger charge is -2.10. The zero-order valence-electron chi connectivity index (χ0n) is 14.7. The molecule has 0 radical (unpaired) electrons. The Morgan fingerprint density at radius 2 is 1.93 bits per heavy atom. The number of nitrogens with one attached hydrogen (secondary N) is 1. The van der Waals surface area contributed by atoms with Gasteiger partial charge in [0.1, 0.15) is 12.3 Å². The third-order valence-electron chi connectivity index (χ3n) is 3.98. The fourth-order valence-corrected chi connectivity index (χ4v) is 2.92. The highest BCUT2D eigenvalue weighted by molar-refractivity contribution is 14.1. The third-order valence-corrected chi connectivity index (χ3v) is 4.70. The molecule has 0 fully saturated rings. The van der Waals surface area contributed by atoms with Gasteiger partial charge in [0, 0.05) is 21.7 Å². The second-order valence-corrected chi connectivity index (χ2v) is 7.09. The fourth-order valence-electron chi connectivity index (χ4n) is 2.56. The molecule has 1 amide bonds. The molecular formula is C20H18IN3O3. The number of aromatic nitrogens is 2. The molecular weight excluding hydrogens is 457 g/mol. The average molecular weight is 475 g/mol. The highest BCUT2D eigenvalue weighted by atomic mass is 127. The van der Waals surface area contributed by atoms with Gasteiger partial charge in [0.2, 0.25) is 5.91 Å². The Bertz CT molecular complexity index is 1000. The number of amides is 1. The van der Waals surface area contributed by atoms with Gasteiger partial charge in [-0.25, -0.2) is 4.98 Å². The van der Waals surface area contributed by atoms with Crippen LogP contribution in [0.15, 0.2) is 65.7 Å². The second kappa shape index (κ2) is 8.81. The highest BCUT2D eigenvalue weighted by Gasteiger charge is 2.10. The van der Waals surface area contributed by atoms with E-state index in [1.165, 1.54) is 17.0 Å². The third kappa shape index (κ3) is 4.94. The molecule has 2 aromatic carbocycles. The summed E-state index contributed by atoms with van der Waals surface area (Å²) < 4.78 is 7.72. The van der Waals surface area contributed by atoms with Crippen LogP contribution in [-0.4, -0.2) is 22.6 Å². The van der Waals surface area contributed by atoms with Crippen LogP contribution in [0.5, 0.6) is 5.75 Å². The van der Waals surface area contributed by atoms with Crippen LogP contribution in [-0.2, 0) is 17.9 Å². The van der Waals surface area contributed by atoms with Crippen molar-refractivity contribution in [1.82, 2.24) is 14.9 Å². The van der Waals surface area contributed by atoms with Crippen LogP contribution in [0.3, 0.4) is 0 Å². The number of hydrogen-bond acceptors (Lipinski definition) is 4. The van der Waals surface area contributed by atoms with Gasteiger partial charge in [-0.3, -0.25) is 14.2 Å². The van der Waals surface area contributed by atoms with E-state index < -0.39 is 0 Å². The van der Waals surface area contributed by atoms with E-state index in [9.17, 15) is 9.59 Å². The van der Waals surface area contributed by atoms with E-state index in [0.29, 0.717) is 18.0 Å². The summed E-state index contributed by atoms with van der Waals surface area (Å²) in [6.45, 7) is 0.333. The van der Waals surface area contributed by atoms with Crippen molar-refractivity contribution in [3.63, 3.8) is 0 Å². The summed E-state index contributed by atoms with van der Waals surface area (Å²) in [7, 11) is 1.57. The minimum Gasteiger partial charge on any atom is -0.496 e. The normalized spacial score (nSPS) is 10.4. The molecule has 0 aliphatic rings. The summed E-state index contributed by atoms with van der Waals surface area (Å²) in [5.74, 6) is 0.389. The summed E-state index contributed by atoms with van der Waals surface area (Å²) in [6, 6.07) is 16.6. The van der Waals surface area contributed by atoms with Gasteiger partial charge in [-0.05, 0) is 52.4 Å². The molecule has 0 aliphatic heterocycles. The molecule has 6 nitrogen and oxygen atoms in total. The largest absolute Gasteiger partial charge is 0.496 e. The molecule has 0 saturated heterocycles. The number of carbonyl (C=O) groups excluding carboxylic acids is 1. The predicted octanol–water partition coefficient (Wildman–Crippen LogP) is 2.84. The zero-order valence-corrected chi connectivity index (χ0v) is 16.8. The molecule has 3 rings (SSSR count). The first-order chi connectivity index (χ1) is 13.1. The molecule has 1 heterocycles. The maximum Gasteiger partial charge on any atom is 0.254 e. The number of para-hydroxylation sites is 1. The smallest absolute Gasteiger partial charge is 0.254 e. The molecule has 0 saturated carbocycles. The lowest BCUT2D eigenvalue weighted by molar-refractivity contribution is -0.121. The van der Waals surface area contributed by atoms with Crippen LogP contribution >= 0.6 is 22.6 Å². The number of hydrogen-bond donors (Lipinski definition) is 1. The van der Waals surface area contributed by atoms with Crippen LogP contribution < -0.4 is 15.6 Å². The van der Waals surface area contributed by atoms with Gasteiger partial charge in [-0.2, -0.15) is 0 Å². The lowest BCUT2D eigenvalue weighted by atomic mass is 10.1. The van der Waals surface area contributed by atoms with E-state index in [2.05, 4.69) is 32.9 Å². The second-order valence-electron chi connectivity index (χ2n) is 5.84. The minimum absolute atomic E-state index is 0.0809. The molecule has 0 bridgehead atoms. The van der Waals surface area contributed by atoms with E-state index >= 15 is 0 Å². The van der Waals surface area contributed by atoms with Gasteiger partial charge < -0.3 is 10.1 Å². The van der Waals surface area contributed by atoms with E-state index in [0.717, 1.165) is 14.7 Å². The number of carbonyl (C=O) groups is 1. The van der Waals surface area contributed by atoms with Crippen molar-refractivity contribution in [2.45, 2.75) is 13.1 Å². The summed E-state index contributed by atoms with van der Waals surface area (Å²) in [5, 5.41) is 2.81.